The predicted octanol–water partition coefficient (Wildman–Crippen LogP) is 5.14. The van der Waals surface area contributed by atoms with Crippen LogP contribution in [0.2, 0.25) is 5.02 Å². The fourth-order valence-corrected chi connectivity index (χ4v) is 5.26. The molecular weight excluding hydrogens is 560 g/mol. The number of aliphatic carboxylic acids is 1. The molecule has 0 saturated carbocycles. The van der Waals surface area contributed by atoms with E-state index in [1.165, 1.54) is 24.3 Å². The first-order valence-electron chi connectivity index (χ1n) is 12.8. The van der Waals surface area contributed by atoms with E-state index < -0.39 is 18.4 Å². The molecule has 0 radical (unpaired) electrons. The summed E-state index contributed by atoms with van der Waals surface area (Å²) in [4.78, 5) is 16.6. The molecule has 0 unspecified atom stereocenters. The van der Waals surface area contributed by atoms with Crippen LogP contribution in [0, 0.1) is 35.1 Å². The van der Waals surface area contributed by atoms with Gasteiger partial charge < -0.3 is 36.0 Å². The van der Waals surface area contributed by atoms with Crippen molar-refractivity contribution in [3.8, 4) is 16.9 Å². The molecule has 0 aliphatic carbocycles. The first-order valence-corrected chi connectivity index (χ1v) is 13.2. The normalized spacial score (nSPS) is 12.8. The average Bonchev–Trinajstić information content (AvgIpc) is 2.88. The maximum absolute atomic E-state index is 12.7. The van der Waals surface area contributed by atoms with Crippen LogP contribution in [0.3, 0.4) is 0 Å². The van der Waals surface area contributed by atoms with Crippen LogP contribution >= 0.6 is 11.6 Å². The molecule has 0 amide bonds. The Labute approximate surface area is 264 Å². The van der Waals surface area contributed by atoms with Crippen LogP contribution in [0.25, 0.3) is 11.1 Å². The molecule has 5 nitrogen and oxygen atoms in total. The van der Waals surface area contributed by atoms with Gasteiger partial charge in [-0.05, 0) is 85.0 Å². The van der Waals surface area contributed by atoms with Crippen molar-refractivity contribution in [2.75, 3.05) is 26.7 Å². The number of aryl methyl sites for hydroxylation is 2. The maximum Gasteiger partial charge on any atom is 1.00 e. The van der Waals surface area contributed by atoms with Crippen molar-refractivity contribution in [2.45, 2.75) is 38.7 Å². The van der Waals surface area contributed by atoms with Gasteiger partial charge in [0.1, 0.15) is 11.8 Å². The van der Waals surface area contributed by atoms with Crippen LogP contribution < -0.4 is 23.6 Å². The van der Waals surface area contributed by atoms with Crippen molar-refractivity contribution in [1.82, 2.24) is 9.80 Å². The summed E-state index contributed by atoms with van der Waals surface area (Å²) in [5, 5.41) is 11.0. The Morgan fingerprint density at radius 3 is 2.17 bits per heavy atom. The largest absolute Gasteiger partial charge is 1.00 e. The third-order valence-corrected chi connectivity index (χ3v) is 7.26. The van der Waals surface area contributed by atoms with E-state index in [0.717, 1.165) is 16.7 Å². The maximum atomic E-state index is 12.7. The Kier molecular flexibility index (Phi) is 14.7. The number of carboxylic acids is 1. The summed E-state index contributed by atoms with van der Waals surface area (Å²) >= 11 is 6.32. The van der Waals surface area contributed by atoms with Gasteiger partial charge in [-0.2, -0.15) is 0 Å². The van der Waals surface area contributed by atoms with Gasteiger partial charge in [0.15, 0.2) is 0 Å². The van der Waals surface area contributed by atoms with Crippen LogP contribution in [0.5, 0.6) is 5.75 Å². The second-order valence-electron chi connectivity index (χ2n) is 9.67. The van der Waals surface area contributed by atoms with E-state index in [1.807, 2.05) is 38.1 Å². The van der Waals surface area contributed by atoms with Crippen molar-refractivity contribution in [3.05, 3.63) is 109 Å². The minimum absolute atomic E-state index is 0. The monoisotopic (exact) mass is 596 g/mol. The molecule has 1 N–H and O–H groups in total. The van der Waals surface area contributed by atoms with E-state index in [-0.39, 0.29) is 38.1 Å². The Hall–Kier alpha value is -2.47. The van der Waals surface area contributed by atoms with E-state index in [4.69, 9.17) is 11.6 Å². The first kappa shape index (κ1) is 37.6. The summed E-state index contributed by atoms with van der Waals surface area (Å²) in [6, 6.07) is 15.5. The quantitative estimate of drug-likeness (QED) is 0.232. The van der Waals surface area contributed by atoms with Crippen LogP contribution in [-0.4, -0.2) is 53.9 Å². The van der Waals surface area contributed by atoms with Gasteiger partial charge in [-0.3, -0.25) is 9.69 Å². The molecule has 0 saturated heterocycles. The Bertz CT molecular complexity index is 1300. The zero-order valence-corrected chi connectivity index (χ0v) is 25.6. The second-order valence-corrected chi connectivity index (χ2v) is 10.1. The summed E-state index contributed by atoms with van der Waals surface area (Å²) in [6.45, 7) is 13.4. The van der Waals surface area contributed by atoms with Crippen molar-refractivity contribution in [2.24, 2.45) is 0 Å². The average molecular weight is 597 g/mol. The molecule has 0 fully saturated rings. The number of halogens is 4. The zero-order chi connectivity index (χ0) is 29.6. The molecule has 3 rings (SSSR count). The number of carbonyl (C=O) groups is 1. The number of benzene rings is 3. The molecule has 0 aliphatic rings. The van der Waals surface area contributed by atoms with Crippen molar-refractivity contribution < 1.29 is 46.7 Å². The fraction of sp³-hybridized carbons (Fsp3) is 0.312. The van der Waals surface area contributed by atoms with Gasteiger partial charge >= 0.3 is 31.2 Å². The number of ether oxygens (including phenoxy) is 1. The van der Waals surface area contributed by atoms with Gasteiger partial charge in [0.2, 0.25) is 0 Å². The second kappa shape index (κ2) is 16.4. The molecule has 10 heteroatoms. The topological polar surface area (TPSA) is 53.0 Å². The summed E-state index contributed by atoms with van der Waals surface area (Å²) in [7, 11) is 1.76. The number of likely N-dealkylation sites (N-methyl/N-ethyl adjacent to an activating group) is 1. The molecular formula is C32H37ClF3LiN2O3-2. The van der Waals surface area contributed by atoms with E-state index in [0.29, 0.717) is 47.8 Å². The molecule has 0 heterocycles. The summed E-state index contributed by atoms with van der Waals surface area (Å²) in [5.74, 6) is -1.38. The number of alkyl halides is 3. The van der Waals surface area contributed by atoms with Crippen molar-refractivity contribution in [1.29, 1.82) is 0 Å². The van der Waals surface area contributed by atoms with E-state index in [9.17, 15) is 23.1 Å². The Morgan fingerprint density at radius 2 is 1.62 bits per heavy atom. The molecule has 3 aromatic rings. The fourth-order valence-electron chi connectivity index (χ4n) is 5.08. The smallest absolute Gasteiger partial charge is 0.480 e. The number of nitrogens with zero attached hydrogens (tertiary/aromatic N) is 2. The molecule has 0 aliphatic heterocycles. The molecule has 42 heavy (non-hydrogen) atoms. The number of carboxylic acid groups (broad SMARTS) is 1. The molecule has 224 valence electrons. The van der Waals surface area contributed by atoms with Crippen molar-refractivity contribution >= 4 is 17.6 Å². The van der Waals surface area contributed by atoms with Gasteiger partial charge in [-0.15, -0.1) is 26.3 Å². The van der Waals surface area contributed by atoms with E-state index in [1.54, 1.807) is 24.1 Å². The van der Waals surface area contributed by atoms with Gasteiger partial charge in [0.05, 0.1) is 0 Å². The third-order valence-electron chi connectivity index (χ3n) is 7.02. The first-order chi connectivity index (χ1) is 18.9. The van der Waals surface area contributed by atoms with Crippen LogP contribution in [-0.2, 0) is 4.79 Å². The number of hydrogen-bond donors (Lipinski definition) is 1. The van der Waals surface area contributed by atoms with Crippen LogP contribution in [0.15, 0.2) is 60.7 Å². The molecule has 0 bridgehead atoms. The zero-order valence-electron chi connectivity index (χ0n) is 24.8. The predicted molar refractivity (Wildman–Crippen MR) is 159 cm³/mol. The minimum atomic E-state index is -4.80. The number of rotatable bonds is 12. The van der Waals surface area contributed by atoms with Gasteiger partial charge in [0.25, 0.3) is 0 Å². The van der Waals surface area contributed by atoms with Gasteiger partial charge in [0, 0.05) is 17.6 Å². The Morgan fingerprint density at radius 1 is 1.00 bits per heavy atom. The van der Waals surface area contributed by atoms with Gasteiger partial charge in [-0.25, -0.2) is 0 Å². The standard InChI is InChI=1S/C31H34ClF3N2O3.CH3.Li/c1-6-37(7-2)27(26-19-23(32)14-11-20(26)3)17-18-36(5)29(30(38)39)25-10-8-9-21(4)28(25)22-12-15-24(16-13-22)40-31(33,34)35;;/h8-16,19,27,29H,1-2,6-7,17-18H2,3-5H3,(H,38,39);1H3;/q-2;-1;+1/t27-,29-;;/m0../s1. The molecule has 0 aromatic heterocycles. The molecule has 3 aromatic carbocycles. The summed E-state index contributed by atoms with van der Waals surface area (Å²) in [5.41, 5.74) is 4.69. The van der Waals surface area contributed by atoms with Gasteiger partial charge in [-0.1, -0.05) is 48.0 Å². The third kappa shape index (κ3) is 9.52. The van der Waals surface area contributed by atoms with E-state index >= 15 is 0 Å². The number of hydrogen-bond acceptors (Lipinski definition) is 4. The molecule has 0 spiro atoms. The summed E-state index contributed by atoms with van der Waals surface area (Å²) in [6.07, 6.45) is -4.21. The summed E-state index contributed by atoms with van der Waals surface area (Å²) < 4.78 is 41.9. The van der Waals surface area contributed by atoms with Crippen molar-refractivity contribution in [3.63, 3.8) is 0 Å². The van der Waals surface area contributed by atoms with E-state index in [2.05, 4.69) is 23.5 Å². The van der Waals surface area contributed by atoms with Crippen LogP contribution in [0.4, 0.5) is 13.2 Å². The SMILES string of the molecule is [CH2-]CN(C[CH2-])[C@@H](CCN(C)[C@H](C(=O)O)c1cccc(C)c1-c1ccc(OC(F)(F)F)cc1)c1cc(Cl)ccc1C.[CH3-].[Li+]. The minimum Gasteiger partial charge on any atom is -0.480 e. The van der Waals surface area contributed by atoms with Crippen LogP contribution in [0.1, 0.15) is 40.8 Å². The Balaban J connectivity index is 0.00000441. The molecule has 2 atom stereocenters.